The number of carbonyl (C=O) groups is 2. The lowest BCUT2D eigenvalue weighted by atomic mass is 9.78. The summed E-state index contributed by atoms with van der Waals surface area (Å²) in [5, 5.41) is 6.20. The summed E-state index contributed by atoms with van der Waals surface area (Å²) in [4.78, 5) is 23.9. The number of primary amides is 1. The molecule has 1 fully saturated rings. The van der Waals surface area contributed by atoms with Crippen LogP contribution in [0.3, 0.4) is 0 Å². The molecular weight excluding hydrogens is 282 g/mol. The number of methoxy groups -OCH3 is 1. The van der Waals surface area contributed by atoms with Crippen molar-refractivity contribution < 1.29 is 14.3 Å². The standard InChI is InChI=1S/C16H23N3O3/c1-11-9-12(3-4-13(11)14(17)20)19-15(21)16(10-22-2)5-7-18-8-6-16/h3-4,9,18H,5-8,10H2,1-2H3,(H2,17,20)(H,19,21). The fourth-order valence-corrected chi connectivity index (χ4v) is 2.90. The van der Waals surface area contributed by atoms with Gasteiger partial charge in [0.25, 0.3) is 0 Å². The molecule has 6 heteroatoms. The Morgan fingerprint density at radius 3 is 2.59 bits per heavy atom. The molecule has 0 aromatic heterocycles. The molecule has 0 saturated carbocycles. The van der Waals surface area contributed by atoms with Crippen molar-refractivity contribution in [3.63, 3.8) is 0 Å². The van der Waals surface area contributed by atoms with E-state index < -0.39 is 11.3 Å². The van der Waals surface area contributed by atoms with E-state index in [0.717, 1.165) is 31.5 Å². The molecule has 1 aromatic carbocycles. The van der Waals surface area contributed by atoms with Crippen LogP contribution in [-0.2, 0) is 9.53 Å². The Balaban J connectivity index is 2.16. The van der Waals surface area contributed by atoms with Gasteiger partial charge in [0.05, 0.1) is 12.0 Å². The van der Waals surface area contributed by atoms with Gasteiger partial charge in [0.15, 0.2) is 0 Å². The molecule has 0 radical (unpaired) electrons. The third-order valence-corrected chi connectivity index (χ3v) is 4.21. The number of nitrogens with one attached hydrogen (secondary N) is 2. The third-order valence-electron chi connectivity index (χ3n) is 4.21. The van der Waals surface area contributed by atoms with E-state index in [4.69, 9.17) is 10.5 Å². The first-order valence-corrected chi connectivity index (χ1v) is 7.40. The molecule has 1 aromatic rings. The number of anilines is 1. The van der Waals surface area contributed by atoms with Gasteiger partial charge < -0.3 is 21.1 Å². The van der Waals surface area contributed by atoms with Gasteiger partial charge in [-0.1, -0.05) is 0 Å². The van der Waals surface area contributed by atoms with Crippen molar-refractivity contribution in [2.45, 2.75) is 19.8 Å². The minimum absolute atomic E-state index is 0.0397. The van der Waals surface area contributed by atoms with Crippen molar-refractivity contribution in [3.05, 3.63) is 29.3 Å². The second-order valence-corrected chi connectivity index (χ2v) is 5.81. The zero-order valence-corrected chi connectivity index (χ0v) is 13.1. The molecule has 2 amide bonds. The average Bonchev–Trinajstić information content (AvgIpc) is 2.48. The Bertz CT molecular complexity index is 560. The number of benzene rings is 1. The van der Waals surface area contributed by atoms with Gasteiger partial charge in [-0.2, -0.15) is 0 Å². The number of nitrogens with two attached hydrogens (primary N) is 1. The van der Waals surface area contributed by atoms with Crippen molar-refractivity contribution in [1.82, 2.24) is 5.32 Å². The summed E-state index contributed by atoms with van der Waals surface area (Å²) in [6, 6.07) is 5.10. The summed E-state index contributed by atoms with van der Waals surface area (Å²) in [5.74, 6) is -0.508. The highest BCUT2D eigenvalue weighted by Crippen LogP contribution is 2.31. The van der Waals surface area contributed by atoms with Crippen LogP contribution in [0.15, 0.2) is 18.2 Å². The van der Waals surface area contributed by atoms with Crippen molar-refractivity contribution >= 4 is 17.5 Å². The van der Waals surface area contributed by atoms with Gasteiger partial charge in [0, 0.05) is 18.4 Å². The van der Waals surface area contributed by atoms with Crippen LogP contribution in [0, 0.1) is 12.3 Å². The number of ether oxygens (including phenoxy) is 1. The Kier molecular flexibility index (Phi) is 5.15. The highest BCUT2D eigenvalue weighted by atomic mass is 16.5. The van der Waals surface area contributed by atoms with Gasteiger partial charge in [0.2, 0.25) is 11.8 Å². The molecule has 1 aliphatic rings. The fraction of sp³-hybridized carbons (Fsp3) is 0.500. The van der Waals surface area contributed by atoms with Crippen LogP contribution in [0.25, 0.3) is 0 Å². The highest BCUT2D eigenvalue weighted by molar-refractivity contribution is 5.98. The van der Waals surface area contributed by atoms with E-state index in [1.807, 2.05) is 0 Å². The van der Waals surface area contributed by atoms with E-state index in [0.29, 0.717) is 17.9 Å². The molecule has 4 N–H and O–H groups in total. The number of hydrogen-bond donors (Lipinski definition) is 3. The van der Waals surface area contributed by atoms with E-state index in [2.05, 4.69) is 10.6 Å². The lowest BCUT2D eigenvalue weighted by Crippen LogP contribution is -2.47. The SMILES string of the molecule is COCC1(C(=O)Nc2ccc(C(N)=O)c(C)c2)CCNCC1. The first-order chi connectivity index (χ1) is 10.5. The molecule has 0 aliphatic carbocycles. The summed E-state index contributed by atoms with van der Waals surface area (Å²) >= 11 is 0. The Morgan fingerprint density at radius 1 is 1.36 bits per heavy atom. The molecule has 1 saturated heterocycles. The van der Waals surface area contributed by atoms with Crippen molar-refractivity contribution in [2.75, 3.05) is 32.1 Å². The lowest BCUT2D eigenvalue weighted by Gasteiger charge is -2.35. The molecule has 6 nitrogen and oxygen atoms in total. The lowest BCUT2D eigenvalue weighted by molar-refractivity contribution is -0.130. The van der Waals surface area contributed by atoms with Gasteiger partial charge in [-0.15, -0.1) is 0 Å². The maximum atomic E-state index is 12.7. The zero-order valence-electron chi connectivity index (χ0n) is 13.1. The second-order valence-electron chi connectivity index (χ2n) is 5.81. The van der Waals surface area contributed by atoms with E-state index in [1.54, 1.807) is 32.2 Å². The number of rotatable bonds is 5. The predicted octanol–water partition coefficient (Wildman–Crippen LogP) is 1.05. The number of amides is 2. The van der Waals surface area contributed by atoms with Crippen LogP contribution in [0.2, 0.25) is 0 Å². The van der Waals surface area contributed by atoms with Crippen LogP contribution in [-0.4, -0.2) is 38.6 Å². The topological polar surface area (TPSA) is 93.4 Å². The molecular formula is C16H23N3O3. The monoisotopic (exact) mass is 305 g/mol. The van der Waals surface area contributed by atoms with E-state index in [9.17, 15) is 9.59 Å². The first kappa shape index (κ1) is 16.5. The number of carbonyl (C=O) groups excluding carboxylic acids is 2. The Morgan fingerprint density at radius 2 is 2.05 bits per heavy atom. The molecule has 0 atom stereocenters. The van der Waals surface area contributed by atoms with Crippen LogP contribution in [0.1, 0.15) is 28.8 Å². The highest BCUT2D eigenvalue weighted by Gasteiger charge is 2.39. The second kappa shape index (κ2) is 6.89. The minimum atomic E-state index is -0.504. The minimum Gasteiger partial charge on any atom is -0.384 e. The van der Waals surface area contributed by atoms with Gasteiger partial charge in [0.1, 0.15) is 0 Å². The van der Waals surface area contributed by atoms with Crippen molar-refractivity contribution in [2.24, 2.45) is 11.1 Å². The smallest absolute Gasteiger partial charge is 0.248 e. The van der Waals surface area contributed by atoms with E-state index in [1.165, 1.54) is 0 Å². The van der Waals surface area contributed by atoms with Crippen LogP contribution in [0.4, 0.5) is 5.69 Å². The van der Waals surface area contributed by atoms with E-state index in [-0.39, 0.29) is 5.91 Å². The largest absolute Gasteiger partial charge is 0.384 e. The molecule has 0 spiro atoms. The quantitative estimate of drug-likeness (QED) is 0.758. The van der Waals surface area contributed by atoms with Crippen LogP contribution >= 0.6 is 0 Å². The summed E-state index contributed by atoms with van der Waals surface area (Å²) in [7, 11) is 1.61. The molecule has 22 heavy (non-hydrogen) atoms. The molecule has 0 bridgehead atoms. The van der Waals surface area contributed by atoms with Gasteiger partial charge in [-0.3, -0.25) is 9.59 Å². The Hall–Kier alpha value is -1.92. The van der Waals surface area contributed by atoms with Crippen molar-refractivity contribution in [1.29, 1.82) is 0 Å². The molecule has 120 valence electrons. The number of piperidine rings is 1. The summed E-state index contributed by atoms with van der Waals surface area (Å²) in [5.41, 5.74) is 6.67. The summed E-state index contributed by atoms with van der Waals surface area (Å²) in [6.07, 6.45) is 1.48. The maximum Gasteiger partial charge on any atom is 0.248 e. The van der Waals surface area contributed by atoms with Crippen molar-refractivity contribution in [3.8, 4) is 0 Å². The van der Waals surface area contributed by atoms with Gasteiger partial charge in [-0.25, -0.2) is 0 Å². The molecule has 1 heterocycles. The number of aryl methyl sites for hydroxylation is 1. The predicted molar refractivity (Wildman–Crippen MR) is 84.7 cm³/mol. The normalized spacial score (nSPS) is 17.0. The fourth-order valence-electron chi connectivity index (χ4n) is 2.90. The zero-order chi connectivity index (χ0) is 16.2. The Labute approximate surface area is 130 Å². The van der Waals surface area contributed by atoms with Gasteiger partial charge >= 0.3 is 0 Å². The van der Waals surface area contributed by atoms with E-state index >= 15 is 0 Å². The summed E-state index contributed by atoms with van der Waals surface area (Å²) < 4.78 is 5.27. The molecule has 0 unspecified atom stereocenters. The van der Waals surface area contributed by atoms with Gasteiger partial charge in [-0.05, 0) is 56.6 Å². The number of hydrogen-bond acceptors (Lipinski definition) is 4. The maximum absolute atomic E-state index is 12.7. The third kappa shape index (κ3) is 3.45. The molecule has 1 aliphatic heterocycles. The average molecular weight is 305 g/mol. The summed E-state index contributed by atoms with van der Waals surface area (Å²) in [6.45, 7) is 3.80. The molecule has 2 rings (SSSR count). The van der Waals surface area contributed by atoms with Crippen LogP contribution in [0.5, 0.6) is 0 Å². The first-order valence-electron chi connectivity index (χ1n) is 7.40. The van der Waals surface area contributed by atoms with Crippen LogP contribution < -0.4 is 16.4 Å².